The van der Waals surface area contributed by atoms with Crippen molar-refractivity contribution in [1.29, 1.82) is 0 Å². The first kappa shape index (κ1) is 18.4. The van der Waals surface area contributed by atoms with Crippen molar-refractivity contribution in [2.75, 3.05) is 6.54 Å². The van der Waals surface area contributed by atoms with E-state index in [0.29, 0.717) is 17.9 Å². The normalized spacial score (nSPS) is 28.1. The second kappa shape index (κ2) is 7.90. The molecule has 1 aromatic rings. The Kier molecular flexibility index (Phi) is 5.83. The number of hydrogen-bond donors (Lipinski definition) is 1. The van der Waals surface area contributed by atoms with E-state index in [2.05, 4.69) is 31.3 Å². The third-order valence-electron chi connectivity index (χ3n) is 6.33. The Hall–Kier alpha value is -1.35. The number of fused-ring (bicyclic) bond motifs is 3. The molecule has 2 aliphatic rings. The lowest BCUT2D eigenvalue weighted by atomic mass is 9.55. The Morgan fingerprint density at radius 3 is 2.84 bits per heavy atom. The van der Waals surface area contributed by atoms with Crippen molar-refractivity contribution in [3.8, 4) is 5.75 Å². The van der Waals surface area contributed by atoms with Crippen LogP contribution in [0.15, 0.2) is 18.2 Å². The van der Waals surface area contributed by atoms with Gasteiger partial charge in [0.15, 0.2) is 0 Å². The lowest BCUT2D eigenvalue weighted by molar-refractivity contribution is -0.134. The van der Waals surface area contributed by atoms with Crippen molar-refractivity contribution in [3.63, 3.8) is 0 Å². The van der Waals surface area contributed by atoms with Crippen LogP contribution in [0.5, 0.6) is 5.75 Å². The van der Waals surface area contributed by atoms with E-state index >= 15 is 0 Å². The monoisotopic (exact) mass is 343 g/mol. The molecule has 0 saturated carbocycles. The molecule has 1 aliphatic heterocycles. The van der Waals surface area contributed by atoms with Gasteiger partial charge in [-0.3, -0.25) is 4.79 Å². The minimum Gasteiger partial charge on any atom is -0.427 e. The van der Waals surface area contributed by atoms with Gasteiger partial charge in [0.25, 0.3) is 0 Å². The zero-order valence-corrected chi connectivity index (χ0v) is 16.1. The number of hydrogen-bond acceptors (Lipinski definition) is 3. The molecule has 0 amide bonds. The minimum absolute atomic E-state index is 0.151. The quantitative estimate of drug-likeness (QED) is 0.597. The summed E-state index contributed by atoms with van der Waals surface area (Å²) in [6, 6.07) is 7.07. The lowest BCUT2D eigenvalue weighted by Crippen LogP contribution is -2.56. The van der Waals surface area contributed by atoms with Crippen LogP contribution in [0.3, 0.4) is 0 Å². The highest BCUT2D eigenvalue weighted by atomic mass is 16.5. The van der Waals surface area contributed by atoms with Crippen molar-refractivity contribution in [1.82, 2.24) is 5.32 Å². The van der Waals surface area contributed by atoms with Crippen LogP contribution in [-0.2, 0) is 16.6 Å². The summed E-state index contributed by atoms with van der Waals surface area (Å²) in [5, 5.41) is 3.81. The average molecular weight is 344 g/mol. The first-order valence-corrected chi connectivity index (χ1v) is 10.2. The van der Waals surface area contributed by atoms with Gasteiger partial charge in [-0.2, -0.15) is 0 Å². The van der Waals surface area contributed by atoms with Crippen molar-refractivity contribution < 1.29 is 9.53 Å². The first-order valence-electron chi connectivity index (χ1n) is 10.2. The number of esters is 1. The largest absolute Gasteiger partial charge is 0.427 e. The number of nitrogens with one attached hydrogen (secondary N) is 1. The maximum Gasteiger partial charge on any atom is 0.310 e. The molecule has 1 N–H and O–H groups in total. The topological polar surface area (TPSA) is 38.3 Å². The van der Waals surface area contributed by atoms with Crippen LogP contribution >= 0.6 is 0 Å². The molecule has 1 aliphatic carbocycles. The molecule has 138 valence electrons. The highest BCUT2D eigenvalue weighted by Gasteiger charge is 2.48. The van der Waals surface area contributed by atoms with E-state index in [0.717, 1.165) is 24.6 Å². The lowest BCUT2D eigenvalue weighted by Gasteiger charge is -2.53. The Morgan fingerprint density at radius 1 is 1.28 bits per heavy atom. The summed E-state index contributed by atoms with van der Waals surface area (Å²) in [4.78, 5) is 11.6. The predicted molar refractivity (Wildman–Crippen MR) is 102 cm³/mol. The second-order valence-corrected chi connectivity index (χ2v) is 7.80. The zero-order valence-electron chi connectivity index (χ0n) is 16.1. The summed E-state index contributed by atoms with van der Waals surface area (Å²) in [5.74, 6) is 1.30. The van der Waals surface area contributed by atoms with Crippen LogP contribution in [-0.4, -0.2) is 18.6 Å². The van der Waals surface area contributed by atoms with Gasteiger partial charge in [0, 0.05) is 17.9 Å². The van der Waals surface area contributed by atoms with Crippen LogP contribution in [0.4, 0.5) is 0 Å². The Labute approximate surface area is 152 Å². The van der Waals surface area contributed by atoms with Gasteiger partial charge in [0.2, 0.25) is 0 Å². The first-order chi connectivity index (χ1) is 12.1. The summed E-state index contributed by atoms with van der Waals surface area (Å²) in [5.41, 5.74) is 3.24. The van der Waals surface area contributed by atoms with E-state index in [1.807, 2.05) is 13.0 Å². The van der Waals surface area contributed by atoms with E-state index in [-0.39, 0.29) is 5.97 Å². The van der Waals surface area contributed by atoms with Crippen LogP contribution in [0, 0.1) is 5.92 Å². The number of rotatable bonds is 6. The van der Waals surface area contributed by atoms with Gasteiger partial charge in [0.05, 0.1) is 0 Å². The maximum absolute atomic E-state index is 11.6. The third kappa shape index (κ3) is 3.48. The molecule has 3 rings (SSSR count). The van der Waals surface area contributed by atoms with Crippen LogP contribution in [0.1, 0.15) is 76.8 Å². The van der Waals surface area contributed by atoms with Crippen molar-refractivity contribution in [3.05, 3.63) is 29.3 Å². The maximum atomic E-state index is 11.6. The predicted octanol–water partition coefficient (Wildman–Crippen LogP) is 4.76. The number of ether oxygens (including phenoxy) is 1. The molecule has 3 unspecified atom stereocenters. The van der Waals surface area contributed by atoms with Crippen LogP contribution in [0.2, 0.25) is 0 Å². The van der Waals surface area contributed by atoms with E-state index in [9.17, 15) is 4.79 Å². The van der Waals surface area contributed by atoms with Crippen molar-refractivity contribution in [2.45, 2.75) is 83.6 Å². The molecule has 1 aromatic carbocycles. The molecule has 1 fully saturated rings. The van der Waals surface area contributed by atoms with E-state index in [1.54, 1.807) is 0 Å². The standard InChI is InChI=1S/C22H33NO2/c1-4-7-20-19-10-8-16-15-17(25-21(24)6-3)9-11-18(16)22(19,12-5-2)13-14-23-20/h9,11,15,19-20,23H,4-8,10,12-14H2,1-3H3. The Balaban J connectivity index is 1.96. The molecule has 3 heteroatoms. The van der Waals surface area contributed by atoms with Gasteiger partial charge >= 0.3 is 5.97 Å². The average Bonchev–Trinajstić information content (AvgIpc) is 2.62. The van der Waals surface area contributed by atoms with Crippen molar-refractivity contribution in [2.24, 2.45) is 5.92 Å². The van der Waals surface area contributed by atoms with E-state index in [4.69, 9.17) is 4.74 Å². The summed E-state index contributed by atoms with van der Waals surface area (Å²) in [6.45, 7) is 7.56. The minimum atomic E-state index is -0.151. The van der Waals surface area contributed by atoms with Gasteiger partial charge < -0.3 is 10.1 Å². The molecule has 0 bridgehead atoms. The molecule has 25 heavy (non-hydrogen) atoms. The SMILES string of the molecule is CCCC1NCCC2(CCC)c3ccc(OC(=O)CC)cc3CCC12. The van der Waals surface area contributed by atoms with Gasteiger partial charge in [-0.1, -0.05) is 39.7 Å². The molecule has 3 atom stereocenters. The van der Waals surface area contributed by atoms with Crippen LogP contribution in [0.25, 0.3) is 0 Å². The second-order valence-electron chi connectivity index (χ2n) is 7.80. The molecular weight excluding hydrogens is 310 g/mol. The van der Waals surface area contributed by atoms with E-state index in [1.165, 1.54) is 49.7 Å². The fourth-order valence-electron chi connectivity index (χ4n) is 5.35. The van der Waals surface area contributed by atoms with Gasteiger partial charge in [-0.25, -0.2) is 0 Å². The van der Waals surface area contributed by atoms with Gasteiger partial charge in [-0.15, -0.1) is 0 Å². The molecule has 0 aromatic heterocycles. The highest BCUT2D eigenvalue weighted by Crippen LogP contribution is 2.51. The molecule has 1 heterocycles. The van der Waals surface area contributed by atoms with Crippen molar-refractivity contribution >= 4 is 5.97 Å². The molecule has 3 nitrogen and oxygen atoms in total. The smallest absolute Gasteiger partial charge is 0.310 e. The summed E-state index contributed by atoms with van der Waals surface area (Å²) in [7, 11) is 0. The number of carbonyl (C=O) groups is 1. The third-order valence-corrected chi connectivity index (χ3v) is 6.33. The molecule has 1 saturated heterocycles. The van der Waals surface area contributed by atoms with E-state index < -0.39 is 0 Å². The Bertz CT molecular complexity index is 606. The van der Waals surface area contributed by atoms with Gasteiger partial charge in [-0.05, 0) is 67.8 Å². The fourth-order valence-corrected chi connectivity index (χ4v) is 5.35. The molecule has 0 radical (unpaired) electrons. The van der Waals surface area contributed by atoms with Crippen LogP contribution < -0.4 is 10.1 Å². The summed E-state index contributed by atoms with van der Waals surface area (Å²) >= 11 is 0. The number of carbonyl (C=O) groups excluding carboxylic acids is 1. The van der Waals surface area contributed by atoms with Gasteiger partial charge in [0.1, 0.15) is 5.75 Å². The summed E-state index contributed by atoms with van der Waals surface area (Å²) < 4.78 is 5.47. The summed E-state index contributed by atoms with van der Waals surface area (Å²) in [6.07, 6.45) is 9.01. The Morgan fingerprint density at radius 2 is 2.12 bits per heavy atom. The molecule has 0 spiro atoms. The zero-order chi connectivity index (χ0) is 17.9. The fraction of sp³-hybridized carbons (Fsp3) is 0.682. The number of piperidine rings is 1. The number of benzene rings is 1. The number of aryl methyl sites for hydroxylation is 1. The molecular formula is C22H33NO2. The highest BCUT2D eigenvalue weighted by molar-refractivity contribution is 5.72.